The Morgan fingerprint density at radius 2 is 1.89 bits per heavy atom. The van der Waals surface area contributed by atoms with E-state index in [1.54, 1.807) is 7.11 Å². The molecule has 4 nitrogen and oxygen atoms in total. The van der Waals surface area contributed by atoms with Crippen LogP contribution in [0.3, 0.4) is 0 Å². The van der Waals surface area contributed by atoms with Crippen LogP contribution in [0.5, 0.6) is 5.75 Å². The standard InChI is InChI=1S/C14H19NO3/c1-17-13-4-2-11(3-5-13)12-6-8-14(15,9-7-12)18-10-16/h2-5,10,12H,6-9,15H2,1H3. The van der Waals surface area contributed by atoms with Crippen molar-refractivity contribution >= 4 is 6.47 Å². The summed E-state index contributed by atoms with van der Waals surface area (Å²) in [5.41, 5.74) is 6.52. The van der Waals surface area contributed by atoms with E-state index >= 15 is 0 Å². The first kappa shape index (κ1) is 12.9. The highest BCUT2D eigenvalue weighted by Gasteiger charge is 2.33. The Bertz CT molecular complexity index is 394. The Labute approximate surface area is 107 Å². The topological polar surface area (TPSA) is 61.6 Å². The van der Waals surface area contributed by atoms with E-state index in [-0.39, 0.29) is 0 Å². The fraction of sp³-hybridized carbons (Fsp3) is 0.500. The number of rotatable bonds is 4. The minimum Gasteiger partial charge on any atom is -0.497 e. The lowest BCUT2D eigenvalue weighted by Gasteiger charge is -2.35. The highest BCUT2D eigenvalue weighted by atomic mass is 16.5. The molecule has 18 heavy (non-hydrogen) atoms. The van der Waals surface area contributed by atoms with E-state index in [1.807, 2.05) is 12.1 Å². The zero-order chi connectivity index (χ0) is 13.0. The fourth-order valence-electron chi connectivity index (χ4n) is 2.53. The predicted molar refractivity (Wildman–Crippen MR) is 68.3 cm³/mol. The van der Waals surface area contributed by atoms with Crippen molar-refractivity contribution in [2.45, 2.75) is 37.3 Å². The molecule has 0 aromatic heterocycles. The van der Waals surface area contributed by atoms with Crippen LogP contribution in [0.2, 0.25) is 0 Å². The Kier molecular flexibility index (Phi) is 3.87. The first-order valence-electron chi connectivity index (χ1n) is 6.21. The third-order valence-electron chi connectivity index (χ3n) is 3.70. The van der Waals surface area contributed by atoms with E-state index in [4.69, 9.17) is 15.2 Å². The minimum atomic E-state index is -0.759. The molecule has 1 aliphatic rings. The molecule has 98 valence electrons. The Morgan fingerprint density at radius 3 is 2.39 bits per heavy atom. The van der Waals surface area contributed by atoms with Gasteiger partial charge in [-0.2, -0.15) is 0 Å². The van der Waals surface area contributed by atoms with Crippen LogP contribution in [0, 0.1) is 0 Å². The largest absolute Gasteiger partial charge is 0.497 e. The van der Waals surface area contributed by atoms with Gasteiger partial charge < -0.3 is 9.47 Å². The summed E-state index contributed by atoms with van der Waals surface area (Å²) in [4.78, 5) is 10.4. The summed E-state index contributed by atoms with van der Waals surface area (Å²) < 4.78 is 10.1. The molecule has 0 heterocycles. The molecule has 4 heteroatoms. The number of benzene rings is 1. The fourth-order valence-corrected chi connectivity index (χ4v) is 2.53. The first-order valence-corrected chi connectivity index (χ1v) is 6.21. The van der Waals surface area contributed by atoms with E-state index in [2.05, 4.69) is 12.1 Å². The van der Waals surface area contributed by atoms with Crippen molar-refractivity contribution in [2.24, 2.45) is 5.73 Å². The summed E-state index contributed by atoms with van der Waals surface area (Å²) in [6.07, 6.45) is 3.30. The maximum absolute atomic E-state index is 10.4. The van der Waals surface area contributed by atoms with Gasteiger partial charge in [0.05, 0.1) is 7.11 Å². The lowest BCUT2D eigenvalue weighted by atomic mass is 9.80. The van der Waals surface area contributed by atoms with Crippen molar-refractivity contribution in [1.29, 1.82) is 0 Å². The van der Waals surface area contributed by atoms with E-state index in [1.165, 1.54) is 5.56 Å². The van der Waals surface area contributed by atoms with Gasteiger partial charge >= 0.3 is 0 Å². The molecule has 0 unspecified atom stereocenters. The molecule has 2 rings (SSSR count). The average molecular weight is 249 g/mol. The van der Waals surface area contributed by atoms with Crippen molar-refractivity contribution in [3.05, 3.63) is 29.8 Å². The van der Waals surface area contributed by atoms with Gasteiger partial charge in [0, 0.05) is 12.8 Å². The van der Waals surface area contributed by atoms with E-state index in [9.17, 15) is 4.79 Å². The Morgan fingerprint density at radius 1 is 1.28 bits per heavy atom. The van der Waals surface area contributed by atoms with Crippen LogP contribution >= 0.6 is 0 Å². The number of carbonyl (C=O) groups is 1. The molecule has 0 radical (unpaired) electrons. The normalized spacial score (nSPS) is 27.6. The molecule has 2 N–H and O–H groups in total. The van der Waals surface area contributed by atoms with Crippen LogP contribution in [0.1, 0.15) is 37.2 Å². The molecule has 0 saturated heterocycles. The molecule has 0 atom stereocenters. The van der Waals surface area contributed by atoms with Gasteiger partial charge in [0.1, 0.15) is 5.75 Å². The summed E-state index contributed by atoms with van der Waals surface area (Å²) in [7, 11) is 1.66. The van der Waals surface area contributed by atoms with Crippen molar-refractivity contribution in [3.63, 3.8) is 0 Å². The zero-order valence-corrected chi connectivity index (χ0v) is 10.6. The van der Waals surface area contributed by atoms with E-state index in [0.717, 1.165) is 18.6 Å². The quantitative estimate of drug-likeness (QED) is 0.656. The highest BCUT2D eigenvalue weighted by Crippen LogP contribution is 2.37. The number of carbonyl (C=O) groups excluding carboxylic acids is 1. The first-order chi connectivity index (χ1) is 8.67. The van der Waals surface area contributed by atoms with Crippen molar-refractivity contribution < 1.29 is 14.3 Å². The minimum absolute atomic E-state index is 0.452. The highest BCUT2D eigenvalue weighted by molar-refractivity contribution is 5.38. The third-order valence-corrected chi connectivity index (χ3v) is 3.70. The van der Waals surface area contributed by atoms with E-state index < -0.39 is 5.72 Å². The van der Waals surface area contributed by atoms with Gasteiger partial charge in [0.25, 0.3) is 6.47 Å². The third kappa shape index (κ3) is 2.82. The van der Waals surface area contributed by atoms with E-state index in [0.29, 0.717) is 25.2 Å². The lowest BCUT2D eigenvalue weighted by Crippen LogP contribution is -2.45. The van der Waals surface area contributed by atoms with Crippen molar-refractivity contribution in [3.8, 4) is 5.75 Å². The molecule has 1 saturated carbocycles. The summed E-state index contributed by atoms with van der Waals surface area (Å²) >= 11 is 0. The maximum Gasteiger partial charge on any atom is 0.294 e. The van der Waals surface area contributed by atoms with Crippen LogP contribution in [-0.2, 0) is 9.53 Å². The summed E-state index contributed by atoms with van der Waals surface area (Å²) in [5.74, 6) is 1.36. The monoisotopic (exact) mass is 249 g/mol. The second-order valence-electron chi connectivity index (χ2n) is 4.83. The van der Waals surface area contributed by atoms with Gasteiger partial charge in [-0.1, -0.05) is 12.1 Å². The Balaban J connectivity index is 1.98. The number of ether oxygens (including phenoxy) is 2. The zero-order valence-electron chi connectivity index (χ0n) is 10.6. The lowest BCUT2D eigenvalue weighted by molar-refractivity contribution is -0.146. The average Bonchev–Trinajstić information content (AvgIpc) is 2.40. The molecule has 1 aliphatic carbocycles. The van der Waals surface area contributed by atoms with Crippen molar-refractivity contribution in [2.75, 3.05) is 7.11 Å². The molecule has 1 aromatic rings. The van der Waals surface area contributed by atoms with Crippen molar-refractivity contribution in [1.82, 2.24) is 0 Å². The summed E-state index contributed by atoms with van der Waals surface area (Å²) in [6.45, 7) is 0.452. The van der Waals surface area contributed by atoms with Gasteiger partial charge in [-0.3, -0.25) is 10.5 Å². The summed E-state index contributed by atoms with van der Waals surface area (Å²) in [5, 5.41) is 0. The second kappa shape index (κ2) is 5.40. The van der Waals surface area contributed by atoms with Gasteiger partial charge in [-0.25, -0.2) is 0 Å². The van der Waals surface area contributed by atoms with Crippen LogP contribution in [0.15, 0.2) is 24.3 Å². The summed E-state index contributed by atoms with van der Waals surface area (Å²) in [6, 6.07) is 8.13. The van der Waals surface area contributed by atoms with Gasteiger partial charge in [0.2, 0.25) is 0 Å². The molecule has 0 bridgehead atoms. The number of nitrogens with two attached hydrogens (primary N) is 1. The smallest absolute Gasteiger partial charge is 0.294 e. The second-order valence-corrected chi connectivity index (χ2v) is 4.83. The Hall–Kier alpha value is -1.55. The van der Waals surface area contributed by atoms with Crippen LogP contribution in [0.4, 0.5) is 0 Å². The van der Waals surface area contributed by atoms with Crippen LogP contribution in [-0.4, -0.2) is 19.3 Å². The molecule has 1 aromatic carbocycles. The molecule has 0 aliphatic heterocycles. The van der Waals surface area contributed by atoms with Gasteiger partial charge in [-0.15, -0.1) is 0 Å². The molecular formula is C14H19NO3. The maximum atomic E-state index is 10.4. The molecule has 0 spiro atoms. The molecule has 0 amide bonds. The van der Waals surface area contributed by atoms with Crippen LogP contribution < -0.4 is 10.5 Å². The number of methoxy groups -OCH3 is 1. The van der Waals surface area contributed by atoms with Gasteiger partial charge in [0.15, 0.2) is 5.72 Å². The number of hydrogen-bond donors (Lipinski definition) is 1. The predicted octanol–water partition coefficient (Wildman–Crippen LogP) is 2.18. The SMILES string of the molecule is COc1ccc(C2CCC(N)(OC=O)CC2)cc1. The number of hydrogen-bond acceptors (Lipinski definition) is 4. The molecule has 1 fully saturated rings. The molecular weight excluding hydrogens is 230 g/mol. The van der Waals surface area contributed by atoms with Crippen LogP contribution in [0.25, 0.3) is 0 Å². The van der Waals surface area contributed by atoms with Gasteiger partial charge in [-0.05, 0) is 36.5 Å².